The zero-order valence-electron chi connectivity index (χ0n) is 14.0. The molecule has 2 fully saturated rings. The summed E-state index contributed by atoms with van der Waals surface area (Å²) in [7, 11) is 0. The number of nitrogens with one attached hydrogen (secondary N) is 1. The second-order valence-electron chi connectivity index (χ2n) is 6.58. The molecule has 0 spiro atoms. The number of rotatable bonds is 3. The molecule has 2 aliphatic heterocycles. The van der Waals surface area contributed by atoms with Crippen LogP contribution >= 0.6 is 11.3 Å². The number of aromatic amines is 1. The van der Waals surface area contributed by atoms with Crippen molar-refractivity contribution in [2.24, 2.45) is 5.92 Å². The van der Waals surface area contributed by atoms with Gasteiger partial charge in [-0.3, -0.25) is 14.5 Å². The van der Waals surface area contributed by atoms with E-state index >= 15 is 0 Å². The normalized spacial score (nSPS) is 22.0. The molecule has 25 heavy (non-hydrogen) atoms. The summed E-state index contributed by atoms with van der Waals surface area (Å²) in [5, 5.41) is 9.40. The van der Waals surface area contributed by atoms with Gasteiger partial charge in [0.15, 0.2) is 0 Å². The van der Waals surface area contributed by atoms with E-state index in [0.717, 1.165) is 23.7 Å². The van der Waals surface area contributed by atoms with Crippen molar-refractivity contribution in [3.63, 3.8) is 0 Å². The van der Waals surface area contributed by atoms with Crippen LogP contribution < -0.4 is 4.90 Å². The van der Waals surface area contributed by atoms with Crippen LogP contribution in [-0.2, 0) is 9.59 Å². The number of carbonyl (C=O) groups excluding carboxylic acids is 2. The van der Waals surface area contributed by atoms with Crippen LogP contribution in [0, 0.1) is 12.8 Å². The molecule has 0 aliphatic carbocycles. The number of piperidine rings is 1. The Morgan fingerprint density at radius 3 is 2.76 bits per heavy atom. The molecule has 0 aromatic carbocycles. The van der Waals surface area contributed by atoms with Crippen LogP contribution in [0.5, 0.6) is 0 Å². The molecular weight excluding hydrogens is 340 g/mol. The van der Waals surface area contributed by atoms with Gasteiger partial charge < -0.3 is 9.88 Å². The number of H-pyrrole nitrogens is 1. The van der Waals surface area contributed by atoms with E-state index in [0.29, 0.717) is 30.7 Å². The van der Waals surface area contributed by atoms with E-state index in [-0.39, 0.29) is 24.2 Å². The average Bonchev–Trinajstić information content (AvgIpc) is 3.35. The van der Waals surface area contributed by atoms with Crippen molar-refractivity contribution in [2.75, 3.05) is 24.5 Å². The molecule has 9 heteroatoms. The van der Waals surface area contributed by atoms with Gasteiger partial charge >= 0.3 is 0 Å². The van der Waals surface area contributed by atoms with Crippen molar-refractivity contribution in [1.82, 2.24) is 25.1 Å². The van der Waals surface area contributed by atoms with Crippen molar-refractivity contribution in [3.05, 3.63) is 23.2 Å². The van der Waals surface area contributed by atoms with Gasteiger partial charge in [-0.2, -0.15) is 0 Å². The van der Waals surface area contributed by atoms with Gasteiger partial charge in [-0.15, -0.1) is 10.2 Å². The molecule has 4 rings (SSSR count). The number of imidazole rings is 1. The minimum atomic E-state index is -0.281. The van der Waals surface area contributed by atoms with E-state index in [1.54, 1.807) is 11.1 Å². The zero-order chi connectivity index (χ0) is 17.4. The predicted molar refractivity (Wildman–Crippen MR) is 92.2 cm³/mol. The van der Waals surface area contributed by atoms with Crippen molar-refractivity contribution in [2.45, 2.75) is 32.1 Å². The lowest BCUT2D eigenvalue weighted by atomic mass is 9.95. The van der Waals surface area contributed by atoms with Crippen molar-refractivity contribution < 1.29 is 9.59 Å². The smallest absolute Gasteiger partial charge is 0.229 e. The Bertz CT molecular complexity index is 765. The van der Waals surface area contributed by atoms with Crippen molar-refractivity contribution in [1.29, 1.82) is 0 Å². The molecule has 2 amide bonds. The number of hydrogen-bond donors (Lipinski definition) is 1. The van der Waals surface area contributed by atoms with Crippen LogP contribution in [0.2, 0.25) is 0 Å². The number of amides is 2. The van der Waals surface area contributed by atoms with Crippen LogP contribution in [-0.4, -0.2) is 56.5 Å². The highest BCUT2D eigenvalue weighted by Crippen LogP contribution is 2.31. The molecule has 0 saturated carbocycles. The lowest BCUT2D eigenvalue weighted by Gasteiger charge is -2.32. The summed E-state index contributed by atoms with van der Waals surface area (Å²) in [5.41, 5.74) is 0. The lowest BCUT2D eigenvalue weighted by Crippen LogP contribution is -2.42. The number of nitrogens with zero attached hydrogens (tertiary/aromatic N) is 5. The van der Waals surface area contributed by atoms with Crippen LogP contribution in [0.4, 0.5) is 5.13 Å². The van der Waals surface area contributed by atoms with Gasteiger partial charge in [-0.05, 0) is 19.8 Å². The fraction of sp³-hybridized carbons (Fsp3) is 0.562. The van der Waals surface area contributed by atoms with Gasteiger partial charge in [0.1, 0.15) is 10.8 Å². The van der Waals surface area contributed by atoms with E-state index in [1.807, 2.05) is 18.0 Å². The van der Waals surface area contributed by atoms with Crippen LogP contribution in [0.25, 0.3) is 0 Å². The summed E-state index contributed by atoms with van der Waals surface area (Å²) < 4.78 is 0. The van der Waals surface area contributed by atoms with Crippen molar-refractivity contribution >= 4 is 28.3 Å². The van der Waals surface area contributed by atoms with Crippen LogP contribution in [0.15, 0.2) is 12.4 Å². The Morgan fingerprint density at radius 1 is 1.32 bits per heavy atom. The first-order valence-electron chi connectivity index (χ1n) is 8.50. The highest BCUT2D eigenvalue weighted by atomic mass is 32.1. The monoisotopic (exact) mass is 360 g/mol. The van der Waals surface area contributed by atoms with E-state index in [9.17, 15) is 9.59 Å². The first-order valence-corrected chi connectivity index (χ1v) is 9.32. The minimum Gasteiger partial charge on any atom is -0.348 e. The van der Waals surface area contributed by atoms with Gasteiger partial charge in [-0.25, -0.2) is 4.98 Å². The van der Waals surface area contributed by atoms with Gasteiger partial charge in [-0.1, -0.05) is 11.3 Å². The Hall–Kier alpha value is -2.29. The van der Waals surface area contributed by atoms with Crippen LogP contribution in [0.3, 0.4) is 0 Å². The zero-order valence-corrected chi connectivity index (χ0v) is 14.8. The number of carbonyl (C=O) groups is 2. The summed E-state index contributed by atoms with van der Waals surface area (Å²) >= 11 is 1.38. The van der Waals surface area contributed by atoms with E-state index in [2.05, 4.69) is 20.2 Å². The quantitative estimate of drug-likeness (QED) is 0.891. The molecule has 2 aromatic heterocycles. The van der Waals surface area contributed by atoms with Gasteiger partial charge in [0.05, 0.1) is 5.92 Å². The fourth-order valence-electron chi connectivity index (χ4n) is 3.59. The second kappa shape index (κ2) is 6.55. The standard InChI is InChI=1S/C16H20N6O2S/c1-10-19-20-16(25-10)22-9-12(8-13(22)23)15(24)21-6-2-11(3-7-21)14-17-4-5-18-14/h4-5,11-12H,2-3,6-9H2,1H3,(H,17,18). The van der Waals surface area contributed by atoms with Gasteiger partial charge in [0.25, 0.3) is 0 Å². The minimum absolute atomic E-state index is 0.0417. The maximum Gasteiger partial charge on any atom is 0.229 e. The largest absolute Gasteiger partial charge is 0.348 e. The molecule has 4 heterocycles. The average molecular weight is 360 g/mol. The molecule has 132 valence electrons. The summed E-state index contributed by atoms with van der Waals surface area (Å²) in [6, 6.07) is 0. The van der Waals surface area contributed by atoms with E-state index in [4.69, 9.17) is 0 Å². The maximum atomic E-state index is 12.8. The number of aryl methyl sites for hydroxylation is 1. The molecule has 1 unspecified atom stereocenters. The summed E-state index contributed by atoms with van der Waals surface area (Å²) in [6.45, 7) is 3.69. The Kier molecular flexibility index (Phi) is 4.24. The number of anilines is 1. The molecule has 8 nitrogen and oxygen atoms in total. The first-order chi connectivity index (χ1) is 12.1. The molecule has 1 atom stereocenters. The third-order valence-electron chi connectivity index (χ3n) is 4.93. The molecule has 0 radical (unpaired) electrons. The highest BCUT2D eigenvalue weighted by Gasteiger charge is 2.39. The van der Waals surface area contributed by atoms with E-state index < -0.39 is 0 Å². The van der Waals surface area contributed by atoms with Gasteiger partial charge in [0.2, 0.25) is 16.9 Å². The molecule has 0 bridgehead atoms. The first kappa shape index (κ1) is 16.2. The molecule has 1 N–H and O–H groups in total. The van der Waals surface area contributed by atoms with Gasteiger partial charge in [0, 0.05) is 44.4 Å². The molecule has 2 saturated heterocycles. The summed E-state index contributed by atoms with van der Waals surface area (Å²) in [6.07, 6.45) is 5.66. The molecule has 2 aliphatic rings. The highest BCUT2D eigenvalue weighted by molar-refractivity contribution is 7.15. The lowest BCUT2D eigenvalue weighted by molar-refractivity contribution is -0.136. The Balaban J connectivity index is 1.37. The van der Waals surface area contributed by atoms with Crippen LogP contribution in [0.1, 0.15) is 36.0 Å². The summed E-state index contributed by atoms with van der Waals surface area (Å²) in [4.78, 5) is 36.1. The Morgan fingerprint density at radius 2 is 2.12 bits per heavy atom. The SMILES string of the molecule is Cc1nnc(N2CC(C(=O)N3CCC(c4ncc[nH]4)CC3)CC2=O)s1. The Labute approximate surface area is 149 Å². The second-order valence-corrected chi connectivity index (χ2v) is 7.74. The summed E-state index contributed by atoms with van der Waals surface area (Å²) in [5.74, 6) is 1.14. The number of aromatic nitrogens is 4. The van der Waals surface area contributed by atoms with E-state index in [1.165, 1.54) is 11.3 Å². The third-order valence-corrected chi connectivity index (χ3v) is 5.79. The topological polar surface area (TPSA) is 95.1 Å². The van der Waals surface area contributed by atoms with Crippen molar-refractivity contribution in [3.8, 4) is 0 Å². The number of hydrogen-bond acceptors (Lipinski definition) is 6. The predicted octanol–water partition coefficient (Wildman–Crippen LogP) is 1.33. The fourth-order valence-corrected chi connectivity index (χ4v) is 4.30. The maximum absolute atomic E-state index is 12.8. The molecular formula is C16H20N6O2S. The number of likely N-dealkylation sites (tertiary alicyclic amines) is 1. The molecule has 2 aromatic rings. The third kappa shape index (κ3) is 3.15.